The highest BCUT2D eigenvalue weighted by Gasteiger charge is 2.07. The van der Waals surface area contributed by atoms with Gasteiger partial charge in [-0.05, 0) is 0 Å². The molecular formula is C5H11ClN2O. The molecule has 0 N–H and O–H groups in total. The predicted octanol–water partition coefficient (Wildman–Crippen LogP) is 0.796. The van der Waals surface area contributed by atoms with Crippen LogP contribution >= 0.6 is 11.6 Å². The van der Waals surface area contributed by atoms with Crippen molar-refractivity contribution in [1.82, 2.24) is 9.80 Å². The summed E-state index contributed by atoms with van der Waals surface area (Å²) < 4.78 is 0. The number of carbonyl (C=O) groups is 1. The third-order valence-corrected chi connectivity index (χ3v) is 1.25. The van der Waals surface area contributed by atoms with Crippen LogP contribution in [0.15, 0.2) is 0 Å². The minimum absolute atomic E-state index is 0.0787. The first-order valence-corrected chi connectivity index (χ1v) is 3.11. The monoisotopic (exact) mass is 150 g/mol. The number of hydrogen-bond donors (Lipinski definition) is 0. The maximum Gasteiger partial charge on any atom is 0.320 e. The average Bonchev–Trinajstić information content (AvgIpc) is 1.84. The smallest absolute Gasteiger partial charge is 0.320 e. The molecule has 0 fully saturated rings. The van der Waals surface area contributed by atoms with Crippen molar-refractivity contribution in [3.05, 3.63) is 0 Å². The molecule has 0 aliphatic rings. The third-order valence-electron chi connectivity index (χ3n) is 0.888. The fourth-order valence-corrected chi connectivity index (χ4v) is 0.495. The zero-order valence-electron chi connectivity index (χ0n) is 5.89. The summed E-state index contributed by atoms with van der Waals surface area (Å²) in [6.45, 7) is 0. The summed E-state index contributed by atoms with van der Waals surface area (Å²) in [4.78, 5) is 13.7. The Labute approximate surface area is 60.2 Å². The summed E-state index contributed by atoms with van der Waals surface area (Å²) >= 11 is 5.37. The number of rotatable bonds is 1. The molecule has 0 heterocycles. The maximum atomic E-state index is 10.8. The van der Waals surface area contributed by atoms with Crippen molar-refractivity contribution in [2.45, 2.75) is 0 Å². The van der Waals surface area contributed by atoms with E-state index in [1.165, 1.54) is 9.80 Å². The molecule has 0 aliphatic heterocycles. The molecule has 54 valence electrons. The first-order chi connectivity index (χ1) is 4.09. The number of hydrogen-bond acceptors (Lipinski definition) is 1. The van der Waals surface area contributed by atoms with Gasteiger partial charge in [-0.1, -0.05) is 0 Å². The summed E-state index contributed by atoms with van der Waals surface area (Å²) in [6, 6.07) is 0.154. The average molecular weight is 151 g/mol. The van der Waals surface area contributed by atoms with E-state index in [0.29, 0.717) is 0 Å². The Bertz CT molecular complexity index is 105. The van der Waals surface area contributed by atoms with Crippen LogP contribution in [0, 0.1) is 0 Å². The Hall–Kier alpha value is -0.440. The topological polar surface area (TPSA) is 23.6 Å². The quantitative estimate of drug-likeness (QED) is 0.401. The van der Waals surface area contributed by atoms with Crippen molar-refractivity contribution in [3.8, 4) is 0 Å². The molecule has 0 radical (unpaired) electrons. The lowest BCUT2D eigenvalue weighted by molar-refractivity contribution is 0.188. The van der Waals surface area contributed by atoms with Gasteiger partial charge in [0.25, 0.3) is 0 Å². The second kappa shape index (κ2) is 3.56. The second-order valence-electron chi connectivity index (χ2n) is 1.99. The molecule has 0 unspecified atom stereocenters. The van der Waals surface area contributed by atoms with E-state index in [1.807, 2.05) is 0 Å². The standard InChI is InChI=1S/C5H11ClN2O/c1-7(2)5(9)8(3)4-6/h4H2,1-3H3. The molecule has 3 nitrogen and oxygen atoms in total. The molecule has 0 atom stereocenters. The lowest BCUT2D eigenvalue weighted by atomic mass is 10.7. The number of urea groups is 1. The van der Waals surface area contributed by atoms with E-state index in [9.17, 15) is 4.79 Å². The van der Waals surface area contributed by atoms with E-state index in [0.717, 1.165) is 0 Å². The van der Waals surface area contributed by atoms with E-state index in [2.05, 4.69) is 0 Å². The summed E-state index contributed by atoms with van der Waals surface area (Å²) in [5.41, 5.74) is 0. The SMILES string of the molecule is CN(C)C(=O)N(C)CCl. The molecule has 0 rings (SSSR count). The van der Waals surface area contributed by atoms with Crippen LogP contribution in [0.5, 0.6) is 0 Å². The Balaban J connectivity index is 3.73. The van der Waals surface area contributed by atoms with Crippen molar-refractivity contribution in [1.29, 1.82) is 0 Å². The summed E-state index contributed by atoms with van der Waals surface area (Å²) in [5.74, 6) is 0. The minimum Gasteiger partial charge on any atom is -0.331 e. The normalized spacial score (nSPS) is 8.89. The fraction of sp³-hybridized carbons (Fsp3) is 0.800. The highest BCUT2D eigenvalue weighted by Crippen LogP contribution is 1.91. The lowest BCUT2D eigenvalue weighted by Gasteiger charge is -2.18. The number of amides is 2. The highest BCUT2D eigenvalue weighted by molar-refractivity contribution is 6.18. The Morgan fingerprint density at radius 2 is 1.89 bits per heavy atom. The van der Waals surface area contributed by atoms with Crippen LogP contribution in [0.3, 0.4) is 0 Å². The van der Waals surface area contributed by atoms with Gasteiger partial charge in [-0.3, -0.25) is 0 Å². The van der Waals surface area contributed by atoms with Gasteiger partial charge in [-0.2, -0.15) is 0 Å². The van der Waals surface area contributed by atoms with Crippen molar-refractivity contribution < 1.29 is 4.79 Å². The zero-order chi connectivity index (χ0) is 7.44. The van der Waals surface area contributed by atoms with Gasteiger partial charge in [0, 0.05) is 21.1 Å². The molecule has 0 aromatic heterocycles. The number of alkyl halides is 1. The van der Waals surface area contributed by atoms with E-state index in [-0.39, 0.29) is 12.0 Å². The van der Waals surface area contributed by atoms with Crippen molar-refractivity contribution in [2.75, 3.05) is 27.1 Å². The molecule has 0 aromatic rings. The van der Waals surface area contributed by atoms with Crippen LogP contribution in [0.4, 0.5) is 4.79 Å². The van der Waals surface area contributed by atoms with Crippen molar-refractivity contribution in [3.63, 3.8) is 0 Å². The van der Waals surface area contributed by atoms with E-state index in [1.54, 1.807) is 21.1 Å². The molecule has 2 amide bonds. The van der Waals surface area contributed by atoms with Gasteiger partial charge in [0.05, 0.1) is 6.00 Å². The van der Waals surface area contributed by atoms with Crippen molar-refractivity contribution in [2.24, 2.45) is 0 Å². The first-order valence-electron chi connectivity index (χ1n) is 2.58. The second-order valence-corrected chi connectivity index (χ2v) is 2.23. The molecule has 9 heavy (non-hydrogen) atoms. The van der Waals surface area contributed by atoms with Crippen LogP contribution in [-0.4, -0.2) is 43.0 Å². The summed E-state index contributed by atoms with van der Waals surface area (Å²) in [5, 5.41) is 0. The van der Waals surface area contributed by atoms with Gasteiger partial charge in [0.2, 0.25) is 0 Å². The van der Waals surface area contributed by atoms with Gasteiger partial charge in [0.1, 0.15) is 0 Å². The van der Waals surface area contributed by atoms with Crippen LogP contribution in [-0.2, 0) is 0 Å². The maximum absolute atomic E-state index is 10.8. The van der Waals surface area contributed by atoms with Crippen LogP contribution in [0.1, 0.15) is 0 Å². The predicted molar refractivity (Wildman–Crippen MR) is 37.6 cm³/mol. The number of carbonyl (C=O) groups excluding carboxylic acids is 1. The third kappa shape index (κ3) is 2.56. The highest BCUT2D eigenvalue weighted by atomic mass is 35.5. The molecule has 0 aromatic carbocycles. The Morgan fingerprint density at radius 1 is 1.44 bits per heavy atom. The molecular weight excluding hydrogens is 140 g/mol. The van der Waals surface area contributed by atoms with Crippen LogP contribution in [0.25, 0.3) is 0 Å². The molecule has 0 saturated heterocycles. The van der Waals surface area contributed by atoms with Gasteiger partial charge in [-0.15, -0.1) is 11.6 Å². The van der Waals surface area contributed by atoms with E-state index in [4.69, 9.17) is 11.6 Å². The molecule has 0 spiro atoms. The number of halogens is 1. The zero-order valence-corrected chi connectivity index (χ0v) is 6.64. The first kappa shape index (κ1) is 8.56. The van der Waals surface area contributed by atoms with Gasteiger partial charge < -0.3 is 9.80 Å². The molecule has 0 saturated carbocycles. The van der Waals surface area contributed by atoms with Gasteiger partial charge in [-0.25, -0.2) is 4.79 Å². The Kier molecular flexibility index (Phi) is 3.39. The minimum atomic E-state index is -0.0787. The summed E-state index contributed by atoms with van der Waals surface area (Å²) in [6.07, 6.45) is 0. The lowest BCUT2D eigenvalue weighted by Crippen LogP contribution is -2.35. The molecule has 0 bridgehead atoms. The summed E-state index contributed by atoms with van der Waals surface area (Å²) in [7, 11) is 5.02. The van der Waals surface area contributed by atoms with Crippen LogP contribution in [0.2, 0.25) is 0 Å². The van der Waals surface area contributed by atoms with E-state index < -0.39 is 0 Å². The largest absolute Gasteiger partial charge is 0.331 e. The van der Waals surface area contributed by atoms with Crippen LogP contribution < -0.4 is 0 Å². The van der Waals surface area contributed by atoms with E-state index >= 15 is 0 Å². The Morgan fingerprint density at radius 3 is 2.00 bits per heavy atom. The van der Waals surface area contributed by atoms with Crippen molar-refractivity contribution >= 4 is 17.6 Å². The van der Waals surface area contributed by atoms with Gasteiger partial charge >= 0.3 is 6.03 Å². The molecule has 4 heteroatoms. The van der Waals surface area contributed by atoms with Gasteiger partial charge in [0.15, 0.2) is 0 Å². The fourth-order valence-electron chi connectivity index (χ4n) is 0.393. The molecule has 0 aliphatic carbocycles. The number of nitrogens with zero attached hydrogens (tertiary/aromatic N) is 2.